The molecule has 1 aliphatic rings. The number of benzene rings is 1. The van der Waals surface area contributed by atoms with E-state index in [1.165, 1.54) is 0 Å². The molecule has 0 saturated heterocycles. The Kier molecular flexibility index (Phi) is 4.75. The molecule has 2 aromatic heterocycles. The molecule has 1 N–H and O–H groups in total. The molecule has 28 heavy (non-hydrogen) atoms. The predicted molar refractivity (Wildman–Crippen MR) is 97.3 cm³/mol. The first-order chi connectivity index (χ1) is 13.2. The van der Waals surface area contributed by atoms with Crippen molar-refractivity contribution in [3.8, 4) is 0 Å². The smallest absolute Gasteiger partial charge is 0.417 e. The largest absolute Gasteiger partial charge is 0.481 e. The lowest BCUT2D eigenvalue weighted by Gasteiger charge is -2.10. The van der Waals surface area contributed by atoms with Gasteiger partial charge in [-0.3, -0.25) is 4.79 Å². The van der Waals surface area contributed by atoms with E-state index in [1.807, 2.05) is 28.8 Å². The Labute approximate surface area is 166 Å². The highest BCUT2D eigenvalue weighted by Crippen LogP contribution is 2.42. The van der Waals surface area contributed by atoms with E-state index in [4.69, 9.17) is 16.7 Å². The third kappa shape index (κ3) is 3.68. The molecule has 2 unspecified atom stereocenters. The van der Waals surface area contributed by atoms with Crippen LogP contribution in [0.1, 0.15) is 12.0 Å². The molecule has 3 aromatic rings. The SMILES string of the molecule is O=C(O)C1CC1Cn1c(Sc2ncc(C(F)(F)F)cc2Cl)nc2ccccc21. The van der Waals surface area contributed by atoms with E-state index in [-0.39, 0.29) is 21.9 Å². The average molecular weight is 428 g/mol. The Balaban J connectivity index is 1.67. The Morgan fingerprint density at radius 1 is 1.36 bits per heavy atom. The van der Waals surface area contributed by atoms with Crippen LogP contribution in [0.15, 0.2) is 46.7 Å². The van der Waals surface area contributed by atoms with Crippen molar-refractivity contribution < 1.29 is 23.1 Å². The van der Waals surface area contributed by atoms with E-state index >= 15 is 0 Å². The van der Waals surface area contributed by atoms with Gasteiger partial charge in [-0.15, -0.1) is 0 Å². The lowest BCUT2D eigenvalue weighted by Crippen LogP contribution is -2.07. The molecule has 2 atom stereocenters. The number of pyridine rings is 1. The molecule has 1 aromatic carbocycles. The lowest BCUT2D eigenvalue weighted by atomic mass is 10.3. The minimum Gasteiger partial charge on any atom is -0.481 e. The van der Waals surface area contributed by atoms with Crippen molar-refractivity contribution in [3.05, 3.63) is 47.1 Å². The Morgan fingerprint density at radius 3 is 2.75 bits per heavy atom. The van der Waals surface area contributed by atoms with Crippen LogP contribution in [0, 0.1) is 11.8 Å². The molecule has 1 fully saturated rings. The number of halogens is 4. The van der Waals surface area contributed by atoms with Gasteiger partial charge in [0.05, 0.1) is 27.5 Å². The van der Waals surface area contributed by atoms with Crippen molar-refractivity contribution in [3.63, 3.8) is 0 Å². The lowest BCUT2D eigenvalue weighted by molar-refractivity contribution is -0.139. The van der Waals surface area contributed by atoms with Crippen molar-refractivity contribution >= 4 is 40.4 Å². The number of nitrogens with zero attached hydrogens (tertiary/aromatic N) is 3. The zero-order valence-corrected chi connectivity index (χ0v) is 15.7. The molecule has 0 radical (unpaired) electrons. The monoisotopic (exact) mass is 427 g/mol. The number of carboxylic acid groups (broad SMARTS) is 1. The summed E-state index contributed by atoms with van der Waals surface area (Å²) in [5, 5.41) is 9.74. The number of hydrogen-bond donors (Lipinski definition) is 1. The van der Waals surface area contributed by atoms with Gasteiger partial charge in [0.25, 0.3) is 0 Å². The van der Waals surface area contributed by atoms with E-state index in [1.54, 1.807) is 0 Å². The second-order valence-corrected chi connectivity index (χ2v) is 7.91. The van der Waals surface area contributed by atoms with Gasteiger partial charge < -0.3 is 9.67 Å². The number of rotatable bonds is 5. The molecule has 2 heterocycles. The van der Waals surface area contributed by atoms with Crippen molar-refractivity contribution in [1.82, 2.24) is 14.5 Å². The van der Waals surface area contributed by atoms with Crippen LogP contribution < -0.4 is 0 Å². The van der Waals surface area contributed by atoms with E-state index in [0.29, 0.717) is 23.6 Å². The maximum Gasteiger partial charge on any atom is 0.417 e. The molecule has 0 amide bonds. The van der Waals surface area contributed by atoms with Crippen LogP contribution in [0.2, 0.25) is 5.02 Å². The normalized spacial score (nSPS) is 19.1. The highest BCUT2D eigenvalue weighted by molar-refractivity contribution is 7.99. The number of imidazole rings is 1. The van der Waals surface area contributed by atoms with Gasteiger partial charge >= 0.3 is 12.1 Å². The van der Waals surface area contributed by atoms with Crippen molar-refractivity contribution in [2.45, 2.75) is 29.3 Å². The predicted octanol–water partition coefficient (Wildman–Crippen LogP) is 4.98. The van der Waals surface area contributed by atoms with E-state index in [9.17, 15) is 18.0 Å². The van der Waals surface area contributed by atoms with Crippen molar-refractivity contribution in [1.29, 1.82) is 0 Å². The maximum absolute atomic E-state index is 12.8. The zero-order chi connectivity index (χ0) is 20.1. The Hall–Kier alpha value is -2.26. The van der Waals surface area contributed by atoms with Crippen molar-refractivity contribution in [2.24, 2.45) is 11.8 Å². The van der Waals surface area contributed by atoms with Gasteiger partial charge in [-0.2, -0.15) is 13.2 Å². The summed E-state index contributed by atoms with van der Waals surface area (Å²) in [6.07, 6.45) is -3.20. The molecular weight excluding hydrogens is 415 g/mol. The second-order valence-electron chi connectivity index (χ2n) is 6.54. The van der Waals surface area contributed by atoms with Gasteiger partial charge in [-0.05, 0) is 42.3 Å². The first-order valence-electron chi connectivity index (χ1n) is 8.32. The molecule has 0 bridgehead atoms. The molecule has 10 heteroatoms. The van der Waals surface area contributed by atoms with E-state index in [2.05, 4.69) is 9.97 Å². The van der Waals surface area contributed by atoms with Crippen LogP contribution in [0.4, 0.5) is 13.2 Å². The van der Waals surface area contributed by atoms with E-state index < -0.39 is 17.7 Å². The number of hydrogen-bond acceptors (Lipinski definition) is 4. The summed E-state index contributed by atoms with van der Waals surface area (Å²) < 4.78 is 40.3. The van der Waals surface area contributed by atoms with Crippen LogP contribution in [0.3, 0.4) is 0 Å². The molecule has 0 spiro atoms. The third-order valence-corrected chi connectivity index (χ3v) is 6.01. The minimum atomic E-state index is -4.52. The van der Waals surface area contributed by atoms with Gasteiger partial charge in [0.1, 0.15) is 5.03 Å². The number of carboxylic acids is 1. The third-order valence-electron chi connectivity index (χ3n) is 4.60. The first-order valence-corrected chi connectivity index (χ1v) is 9.52. The molecule has 1 aliphatic carbocycles. The summed E-state index contributed by atoms with van der Waals surface area (Å²) in [6.45, 7) is 0.456. The van der Waals surface area contributed by atoms with Gasteiger partial charge in [-0.1, -0.05) is 23.7 Å². The number of aliphatic carboxylic acids is 1. The molecule has 0 aliphatic heterocycles. The fraction of sp³-hybridized carbons (Fsp3) is 0.278. The molecule has 4 rings (SSSR count). The Morgan fingerprint density at radius 2 is 2.11 bits per heavy atom. The second kappa shape index (κ2) is 6.97. The highest BCUT2D eigenvalue weighted by Gasteiger charge is 2.43. The van der Waals surface area contributed by atoms with Crippen molar-refractivity contribution in [2.75, 3.05) is 0 Å². The van der Waals surface area contributed by atoms with Gasteiger partial charge in [0.2, 0.25) is 0 Å². The first kappa shape index (κ1) is 19.1. The fourth-order valence-corrected chi connectivity index (χ4v) is 4.18. The standard InChI is InChI=1S/C18H13ClF3N3O2S/c19-12-6-10(18(20,21)22)7-23-15(12)28-17-24-13-3-1-2-4-14(13)25(17)8-9-5-11(9)16(26)27/h1-4,6-7,9,11H,5,8H2,(H,26,27). The molecule has 146 valence electrons. The fourth-order valence-electron chi connectivity index (χ4n) is 3.04. The van der Waals surface area contributed by atoms with Crippen LogP contribution in [0.5, 0.6) is 0 Å². The topological polar surface area (TPSA) is 68.0 Å². The van der Waals surface area contributed by atoms with Gasteiger partial charge in [-0.25, -0.2) is 9.97 Å². The molecular formula is C18H13ClF3N3O2S. The summed E-state index contributed by atoms with van der Waals surface area (Å²) in [6, 6.07) is 8.20. The molecule has 5 nitrogen and oxygen atoms in total. The summed E-state index contributed by atoms with van der Waals surface area (Å²) in [5.41, 5.74) is 0.613. The van der Waals surface area contributed by atoms with Crippen LogP contribution in [0.25, 0.3) is 11.0 Å². The zero-order valence-electron chi connectivity index (χ0n) is 14.2. The maximum atomic E-state index is 12.8. The summed E-state index contributed by atoms with van der Waals surface area (Å²) in [5.74, 6) is -1.21. The van der Waals surface area contributed by atoms with Crippen LogP contribution in [-0.2, 0) is 17.5 Å². The summed E-state index contributed by atoms with van der Waals surface area (Å²) >= 11 is 7.08. The summed E-state index contributed by atoms with van der Waals surface area (Å²) in [4.78, 5) is 19.5. The number of aromatic nitrogens is 3. The van der Waals surface area contributed by atoms with Crippen LogP contribution >= 0.6 is 23.4 Å². The number of para-hydroxylation sites is 2. The Bertz CT molecular complexity index is 1070. The molecule has 1 saturated carbocycles. The van der Waals surface area contributed by atoms with E-state index in [0.717, 1.165) is 29.5 Å². The number of fused-ring (bicyclic) bond motifs is 1. The quantitative estimate of drug-likeness (QED) is 0.622. The number of carbonyl (C=O) groups is 1. The van der Waals surface area contributed by atoms with Crippen LogP contribution in [-0.4, -0.2) is 25.6 Å². The van der Waals surface area contributed by atoms with Gasteiger partial charge in [0, 0.05) is 12.7 Å². The van der Waals surface area contributed by atoms with Gasteiger partial charge in [0.15, 0.2) is 5.16 Å². The summed E-state index contributed by atoms with van der Waals surface area (Å²) in [7, 11) is 0. The minimum absolute atomic E-state index is 0.00880. The number of alkyl halides is 3. The highest BCUT2D eigenvalue weighted by atomic mass is 35.5. The average Bonchev–Trinajstić information content (AvgIpc) is 3.32.